The van der Waals surface area contributed by atoms with Gasteiger partial charge in [-0.3, -0.25) is 9.69 Å². The van der Waals surface area contributed by atoms with Gasteiger partial charge in [0, 0.05) is 26.7 Å². The van der Waals surface area contributed by atoms with Gasteiger partial charge >= 0.3 is 0 Å². The highest BCUT2D eigenvalue weighted by molar-refractivity contribution is 5.83. The standard InChI is InChI=1S/C13H20N2O/c1-14-7-6-12(13(14)16)15-8-4-11(5-9-15)10-2-3-10/h12H,2-9H2,1H3. The molecule has 0 N–H and O–H groups in total. The Labute approximate surface area is 97.1 Å². The van der Waals surface area contributed by atoms with E-state index in [1.807, 2.05) is 11.9 Å². The number of nitrogens with zero attached hydrogens (tertiary/aromatic N) is 2. The van der Waals surface area contributed by atoms with Crippen LogP contribution in [0.25, 0.3) is 0 Å². The molecule has 3 heteroatoms. The molecular formula is C13H20N2O. The molecule has 1 saturated carbocycles. The van der Waals surface area contributed by atoms with Crippen molar-refractivity contribution < 1.29 is 4.79 Å². The fraction of sp³-hybridized carbons (Fsp3) is 0.769. The highest BCUT2D eigenvalue weighted by atomic mass is 16.2. The van der Waals surface area contributed by atoms with Gasteiger partial charge < -0.3 is 4.90 Å². The smallest absolute Gasteiger partial charge is 0.239 e. The van der Waals surface area contributed by atoms with Crippen molar-refractivity contribution in [3.63, 3.8) is 0 Å². The highest BCUT2D eigenvalue weighted by Crippen LogP contribution is 2.36. The number of rotatable bonds is 1. The van der Waals surface area contributed by atoms with E-state index in [1.165, 1.54) is 25.7 Å². The van der Waals surface area contributed by atoms with Gasteiger partial charge in [0.25, 0.3) is 0 Å². The van der Waals surface area contributed by atoms with Gasteiger partial charge in [-0.05, 0) is 32.1 Å². The zero-order chi connectivity index (χ0) is 11.1. The third-order valence-corrected chi connectivity index (χ3v) is 4.24. The second-order valence-electron chi connectivity index (χ2n) is 5.31. The molecule has 0 aromatic rings. The van der Waals surface area contributed by atoms with Crippen LogP contribution < -0.4 is 0 Å². The van der Waals surface area contributed by atoms with Crippen molar-refractivity contribution in [1.82, 2.24) is 9.80 Å². The molecule has 0 radical (unpaired) electrons. The molecule has 1 unspecified atom stereocenters. The Hall–Kier alpha value is -0.830. The number of hydrogen-bond donors (Lipinski definition) is 0. The summed E-state index contributed by atoms with van der Waals surface area (Å²) in [6.07, 6.45) is 6.15. The van der Waals surface area contributed by atoms with E-state index >= 15 is 0 Å². The average Bonchev–Trinajstić information content (AvgIpc) is 3.09. The van der Waals surface area contributed by atoms with Crippen LogP contribution >= 0.6 is 0 Å². The number of likely N-dealkylation sites (tertiary alicyclic amines) is 2. The fourth-order valence-corrected chi connectivity index (χ4v) is 3.02. The van der Waals surface area contributed by atoms with Crippen LogP contribution in [0, 0.1) is 0 Å². The molecule has 0 aromatic heterocycles. The molecule has 0 bridgehead atoms. The summed E-state index contributed by atoms with van der Waals surface area (Å²) in [5, 5.41) is 0. The zero-order valence-electron chi connectivity index (χ0n) is 10.0. The summed E-state index contributed by atoms with van der Waals surface area (Å²) in [7, 11) is 1.92. The Morgan fingerprint density at radius 2 is 1.62 bits per heavy atom. The molecule has 1 atom stereocenters. The van der Waals surface area contributed by atoms with Crippen LogP contribution in [0.5, 0.6) is 0 Å². The van der Waals surface area contributed by atoms with Gasteiger partial charge in [-0.2, -0.15) is 0 Å². The van der Waals surface area contributed by atoms with Gasteiger partial charge in [0.2, 0.25) is 5.91 Å². The molecule has 3 nitrogen and oxygen atoms in total. The van der Waals surface area contributed by atoms with Crippen LogP contribution in [-0.4, -0.2) is 48.4 Å². The van der Waals surface area contributed by atoms with E-state index in [1.54, 1.807) is 11.1 Å². The first-order valence-electron chi connectivity index (χ1n) is 6.44. The second kappa shape index (κ2) is 3.88. The predicted octanol–water partition coefficient (Wildman–Crippen LogP) is 1.40. The maximum atomic E-state index is 11.9. The molecular weight excluding hydrogens is 200 g/mol. The third kappa shape index (κ3) is 1.77. The van der Waals surface area contributed by atoms with E-state index < -0.39 is 0 Å². The third-order valence-electron chi connectivity index (χ3n) is 4.24. The summed E-state index contributed by atoms with van der Waals surface area (Å²) in [4.78, 5) is 16.2. The highest BCUT2D eigenvalue weighted by Gasteiger charge is 2.35. The molecule has 2 saturated heterocycles. The molecule has 88 valence electrons. The van der Waals surface area contributed by atoms with Crippen molar-refractivity contribution in [1.29, 1.82) is 0 Å². The van der Waals surface area contributed by atoms with Crippen molar-refractivity contribution >= 4 is 5.91 Å². The number of carbonyl (C=O) groups excluding carboxylic acids is 1. The van der Waals surface area contributed by atoms with Gasteiger partial charge in [0.1, 0.15) is 0 Å². The molecule has 0 aromatic carbocycles. The summed E-state index contributed by atoms with van der Waals surface area (Å²) < 4.78 is 0. The molecule has 3 rings (SSSR count). The van der Waals surface area contributed by atoms with E-state index in [4.69, 9.17) is 0 Å². The van der Waals surface area contributed by atoms with Gasteiger partial charge in [0.05, 0.1) is 6.04 Å². The first-order valence-corrected chi connectivity index (χ1v) is 6.44. The topological polar surface area (TPSA) is 23.6 Å². The zero-order valence-corrected chi connectivity index (χ0v) is 10.0. The van der Waals surface area contributed by atoms with E-state index in [9.17, 15) is 4.79 Å². The van der Waals surface area contributed by atoms with Gasteiger partial charge in [-0.15, -0.1) is 0 Å². The van der Waals surface area contributed by atoms with Crippen LogP contribution in [0.2, 0.25) is 0 Å². The first-order chi connectivity index (χ1) is 7.75. The Kier molecular flexibility index (Phi) is 2.51. The fourth-order valence-electron chi connectivity index (χ4n) is 3.02. The van der Waals surface area contributed by atoms with Crippen molar-refractivity contribution in [2.45, 2.75) is 38.1 Å². The Balaban J connectivity index is 1.61. The number of allylic oxidation sites excluding steroid dienone is 1. The Morgan fingerprint density at radius 1 is 1.00 bits per heavy atom. The molecule has 16 heavy (non-hydrogen) atoms. The molecule has 1 aliphatic carbocycles. The minimum absolute atomic E-state index is 0.191. The largest absolute Gasteiger partial charge is 0.344 e. The Bertz CT molecular complexity index is 332. The summed E-state index contributed by atoms with van der Waals surface area (Å²) in [5.41, 5.74) is 3.42. The maximum Gasteiger partial charge on any atom is 0.239 e. The molecule has 2 aliphatic heterocycles. The van der Waals surface area contributed by atoms with Crippen LogP contribution in [0.1, 0.15) is 32.1 Å². The molecule has 0 spiro atoms. The molecule has 3 fully saturated rings. The summed E-state index contributed by atoms with van der Waals surface area (Å²) >= 11 is 0. The number of carbonyl (C=O) groups is 1. The van der Waals surface area contributed by atoms with Gasteiger partial charge in [0.15, 0.2) is 0 Å². The number of amides is 1. The average molecular weight is 220 g/mol. The molecule has 2 heterocycles. The normalized spacial score (nSPS) is 31.4. The van der Waals surface area contributed by atoms with Crippen molar-refractivity contribution in [2.24, 2.45) is 0 Å². The lowest BCUT2D eigenvalue weighted by atomic mass is 10.0. The van der Waals surface area contributed by atoms with E-state index in [0.717, 1.165) is 26.1 Å². The number of hydrogen-bond acceptors (Lipinski definition) is 2. The molecule has 3 aliphatic rings. The van der Waals surface area contributed by atoms with Crippen LogP contribution in [-0.2, 0) is 4.79 Å². The van der Waals surface area contributed by atoms with E-state index in [2.05, 4.69) is 4.90 Å². The second-order valence-corrected chi connectivity index (χ2v) is 5.31. The quantitative estimate of drug-likeness (QED) is 0.624. The molecule has 1 amide bonds. The van der Waals surface area contributed by atoms with Gasteiger partial charge in [-0.1, -0.05) is 11.1 Å². The SMILES string of the molecule is CN1CCC(N2CCC(=C3CC3)CC2)C1=O. The van der Waals surface area contributed by atoms with Crippen LogP contribution in [0.4, 0.5) is 0 Å². The lowest BCUT2D eigenvalue weighted by Crippen LogP contribution is -2.44. The van der Waals surface area contributed by atoms with Gasteiger partial charge in [-0.25, -0.2) is 0 Å². The minimum atomic E-state index is 0.191. The van der Waals surface area contributed by atoms with Crippen molar-refractivity contribution in [3.05, 3.63) is 11.1 Å². The Morgan fingerprint density at radius 3 is 2.12 bits per heavy atom. The lowest BCUT2D eigenvalue weighted by molar-refractivity contribution is -0.131. The van der Waals surface area contributed by atoms with Crippen molar-refractivity contribution in [2.75, 3.05) is 26.7 Å². The maximum absolute atomic E-state index is 11.9. The number of piperidine rings is 1. The van der Waals surface area contributed by atoms with E-state index in [0.29, 0.717) is 5.91 Å². The summed E-state index contributed by atoms with van der Waals surface area (Å²) in [5.74, 6) is 0.336. The monoisotopic (exact) mass is 220 g/mol. The number of likely N-dealkylation sites (N-methyl/N-ethyl adjacent to an activating group) is 1. The van der Waals surface area contributed by atoms with Crippen molar-refractivity contribution in [3.8, 4) is 0 Å². The first kappa shape index (κ1) is 10.3. The predicted molar refractivity (Wildman–Crippen MR) is 63.1 cm³/mol. The van der Waals surface area contributed by atoms with Crippen LogP contribution in [0.3, 0.4) is 0 Å². The lowest BCUT2D eigenvalue weighted by Gasteiger charge is -2.32. The minimum Gasteiger partial charge on any atom is -0.344 e. The van der Waals surface area contributed by atoms with Crippen LogP contribution in [0.15, 0.2) is 11.1 Å². The summed E-state index contributed by atoms with van der Waals surface area (Å²) in [6.45, 7) is 3.14. The summed E-state index contributed by atoms with van der Waals surface area (Å²) in [6, 6.07) is 0.191. The van der Waals surface area contributed by atoms with E-state index in [-0.39, 0.29) is 6.04 Å².